The van der Waals surface area contributed by atoms with E-state index >= 15 is 0 Å². The summed E-state index contributed by atoms with van der Waals surface area (Å²) in [6.45, 7) is 7.61. The second-order valence-corrected chi connectivity index (χ2v) is 13.7. The predicted octanol–water partition coefficient (Wildman–Crippen LogP) is 3.71. The van der Waals surface area contributed by atoms with Crippen molar-refractivity contribution < 1.29 is 29.0 Å². The number of fused-ring (bicyclic) bond motifs is 8. The van der Waals surface area contributed by atoms with Gasteiger partial charge in [0.25, 0.3) is 5.91 Å². The van der Waals surface area contributed by atoms with Crippen molar-refractivity contribution in [3.05, 3.63) is 60.0 Å². The number of nitrogens with zero attached hydrogens (tertiary/aromatic N) is 2. The lowest BCUT2D eigenvalue weighted by atomic mass is 9.46. The average molecular weight is 572 g/mol. The van der Waals surface area contributed by atoms with Crippen LogP contribution in [0.5, 0.6) is 0 Å². The Balaban J connectivity index is 1.19. The van der Waals surface area contributed by atoms with Gasteiger partial charge in [0.15, 0.2) is 23.0 Å². The summed E-state index contributed by atoms with van der Waals surface area (Å²) in [4.78, 5) is 48.2. The Bertz CT molecular complexity index is 1580. The number of allylic oxidation sites excluding steroid dienone is 4. The maximum atomic E-state index is 14.4. The number of aromatic nitrogens is 2. The number of rotatable bonds is 4. The molecule has 1 aromatic carbocycles. The minimum Gasteiger partial charge on any atom is -0.393 e. The molecule has 5 unspecified atom stereocenters. The van der Waals surface area contributed by atoms with E-state index in [2.05, 4.69) is 29.1 Å². The van der Waals surface area contributed by atoms with E-state index in [-0.39, 0.29) is 41.8 Å². The van der Waals surface area contributed by atoms with Crippen LogP contribution in [-0.2, 0) is 19.1 Å². The molecule has 220 valence electrons. The Labute approximate surface area is 244 Å². The Kier molecular flexibility index (Phi) is 5.98. The van der Waals surface area contributed by atoms with Gasteiger partial charge in [-0.05, 0) is 81.7 Å². The number of benzene rings is 1. The number of carbonyl (C=O) groups is 3. The van der Waals surface area contributed by atoms with Crippen molar-refractivity contribution in [2.75, 3.05) is 6.54 Å². The van der Waals surface area contributed by atoms with Gasteiger partial charge in [-0.2, -0.15) is 0 Å². The molecule has 2 N–H and O–H groups in total. The van der Waals surface area contributed by atoms with Gasteiger partial charge >= 0.3 is 0 Å². The second-order valence-electron chi connectivity index (χ2n) is 13.7. The van der Waals surface area contributed by atoms with Gasteiger partial charge in [0.05, 0.1) is 29.8 Å². The normalized spacial score (nSPS) is 39.6. The molecule has 42 heavy (non-hydrogen) atoms. The van der Waals surface area contributed by atoms with Gasteiger partial charge in [0.1, 0.15) is 0 Å². The van der Waals surface area contributed by atoms with E-state index in [1.807, 2.05) is 19.9 Å². The van der Waals surface area contributed by atoms with Gasteiger partial charge in [-0.3, -0.25) is 24.4 Å². The van der Waals surface area contributed by atoms with Gasteiger partial charge in [-0.15, -0.1) is 0 Å². The van der Waals surface area contributed by atoms with Crippen LogP contribution in [0.15, 0.2) is 54.4 Å². The van der Waals surface area contributed by atoms with Crippen molar-refractivity contribution >= 4 is 28.5 Å². The third-order valence-corrected chi connectivity index (χ3v) is 11.0. The Morgan fingerprint density at radius 1 is 1.12 bits per heavy atom. The van der Waals surface area contributed by atoms with Crippen LogP contribution in [0.1, 0.15) is 63.7 Å². The molecular formula is C33H37N3O6. The third-order valence-electron chi connectivity index (χ3n) is 11.0. The third kappa shape index (κ3) is 3.76. The molecule has 8 atom stereocenters. The van der Waals surface area contributed by atoms with E-state index in [1.165, 1.54) is 0 Å². The number of hydrogen-bond donors (Lipinski definition) is 2. The SMILES string of the molecule is CC1(C)O[C@H]2CC3C4CCC5=CC(=O)C=CC5(C)C4[C@@H](O)CC3(C)[C@]2(C(=O)CNC(=O)c2ccc3nccnc3c2)O1. The highest BCUT2D eigenvalue weighted by Gasteiger charge is 2.76. The number of aliphatic hydroxyl groups is 1. The second kappa shape index (κ2) is 9.11. The molecule has 3 saturated carbocycles. The molecule has 0 bridgehead atoms. The standard InChI is InChI=1S/C33H37N3O6/c1-30(2)41-27-15-22-21-7-6-19-14-20(37)9-10-31(19,3)28(21)25(38)16-32(22,4)33(27,42-30)26(39)17-36-29(40)18-5-8-23-24(13-18)35-12-11-34-23/h5,8-14,21-22,25,27-28,38H,6-7,15-17H2,1-4H3,(H,36,40)/t21?,22?,25-,27-,28?,31?,32?,33+/m0/s1. The number of ketones is 2. The van der Waals surface area contributed by atoms with Crippen molar-refractivity contribution in [1.82, 2.24) is 15.3 Å². The highest BCUT2D eigenvalue weighted by Crippen LogP contribution is 2.70. The molecule has 1 saturated heterocycles. The lowest BCUT2D eigenvalue weighted by Gasteiger charge is -2.60. The first-order valence-electron chi connectivity index (χ1n) is 14.9. The lowest BCUT2D eigenvalue weighted by Crippen LogP contribution is -2.64. The van der Waals surface area contributed by atoms with E-state index in [1.54, 1.807) is 42.7 Å². The maximum absolute atomic E-state index is 14.4. The molecule has 4 fully saturated rings. The van der Waals surface area contributed by atoms with Crippen molar-refractivity contribution in [3.63, 3.8) is 0 Å². The van der Waals surface area contributed by atoms with Crippen LogP contribution in [0.2, 0.25) is 0 Å². The first-order chi connectivity index (χ1) is 19.9. The smallest absolute Gasteiger partial charge is 0.251 e. The number of carbonyl (C=O) groups excluding carboxylic acids is 3. The zero-order valence-electron chi connectivity index (χ0n) is 24.4. The fourth-order valence-electron chi connectivity index (χ4n) is 9.42. The molecule has 4 aliphatic carbocycles. The Morgan fingerprint density at radius 2 is 1.88 bits per heavy atom. The number of Topliss-reactive ketones (excluding diaryl/α,β-unsaturated/α-hetero) is 1. The summed E-state index contributed by atoms with van der Waals surface area (Å²) in [6, 6.07) is 5.06. The van der Waals surface area contributed by atoms with Gasteiger partial charge in [-0.1, -0.05) is 25.5 Å². The molecule has 1 amide bonds. The molecule has 0 spiro atoms. The van der Waals surface area contributed by atoms with E-state index in [9.17, 15) is 19.5 Å². The lowest BCUT2D eigenvalue weighted by molar-refractivity contribution is -0.224. The summed E-state index contributed by atoms with van der Waals surface area (Å²) < 4.78 is 13.1. The highest BCUT2D eigenvalue weighted by molar-refractivity contribution is 6.02. The highest BCUT2D eigenvalue weighted by atomic mass is 16.8. The van der Waals surface area contributed by atoms with Crippen LogP contribution < -0.4 is 5.32 Å². The fraction of sp³-hybridized carbons (Fsp3) is 0.545. The average Bonchev–Trinajstić information content (AvgIpc) is 3.36. The minimum absolute atomic E-state index is 0.00120. The van der Waals surface area contributed by atoms with Crippen molar-refractivity contribution in [2.45, 2.75) is 77.0 Å². The summed E-state index contributed by atoms with van der Waals surface area (Å²) in [7, 11) is 0. The van der Waals surface area contributed by atoms with Crippen LogP contribution in [0.25, 0.3) is 11.0 Å². The summed E-state index contributed by atoms with van der Waals surface area (Å²) >= 11 is 0. The van der Waals surface area contributed by atoms with Crippen LogP contribution in [0.4, 0.5) is 0 Å². The summed E-state index contributed by atoms with van der Waals surface area (Å²) in [5.74, 6) is -1.50. The number of hydrogen-bond acceptors (Lipinski definition) is 8. The summed E-state index contributed by atoms with van der Waals surface area (Å²) in [5, 5.41) is 14.7. The van der Waals surface area contributed by atoms with E-state index in [4.69, 9.17) is 9.47 Å². The molecule has 5 aliphatic rings. The predicted molar refractivity (Wildman–Crippen MR) is 153 cm³/mol. The van der Waals surface area contributed by atoms with Crippen LogP contribution in [0.3, 0.4) is 0 Å². The van der Waals surface area contributed by atoms with Gasteiger partial charge in [-0.25, -0.2) is 0 Å². The molecule has 7 rings (SSSR count). The van der Waals surface area contributed by atoms with Gasteiger partial charge in [0, 0.05) is 34.7 Å². The van der Waals surface area contributed by atoms with E-state index < -0.39 is 34.4 Å². The number of nitrogens with one attached hydrogen (secondary N) is 1. The summed E-state index contributed by atoms with van der Waals surface area (Å²) in [6.07, 6.45) is 9.91. The Hall–Kier alpha value is -3.27. The van der Waals surface area contributed by atoms with Crippen LogP contribution in [0, 0.1) is 28.6 Å². The van der Waals surface area contributed by atoms with Gasteiger partial charge in [0.2, 0.25) is 0 Å². The minimum atomic E-state index is -1.31. The molecule has 0 radical (unpaired) electrons. The Morgan fingerprint density at radius 3 is 2.67 bits per heavy atom. The number of aliphatic hydroxyl groups excluding tert-OH is 1. The van der Waals surface area contributed by atoms with Crippen LogP contribution >= 0.6 is 0 Å². The maximum Gasteiger partial charge on any atom is 0.251 e. The molecular weight excluding hydrogens is 534 g/mol. The number of amides is 1. The quantitative estimate of drug-likeness (QED) is 0.569. The first kappa shape index (κ1) is 27.6. The molecule has 2 heterocycles. The topological polar surface area (TPSA) is 128 Å². The van der Waals surface area contributed by atoms with E-state index in [0.717, 1.165) is 18.4 Å². The summed E-state index contributed by atoms with van der Waals surface area (Å²) in [5.41, 5.74) is 0.309. The van der Waals surface area contributed by atoms with Crippen molar-refractivity contribution in [2.24, 2.45) is 28.6 Å². The largest absolute Gasteiger partial charge is 0.393 e. The molecule has 9 nitrogen and oxygen atoms in total. The van der Waals surface area contributed by atoms with Gasteiger partial charge < -0.3 is 19.9 Å². The first-order valence-corrected chi connectivity index (χ1v) is 14.9. The van der Waals surface area contributed by atoms with E-state index in [0.29, 0.717) is 29.4 Å². The number of ether oxygens (including phenoxy) is 2. The van der Waals surface area contributed by atoms with Crippen LogP contribution in [-0.4, -0.2) is 62.7 Å². The molecule has 1 aliphatic heterocycles. The van der Waals surface area contributed by atoms with Crippen molar-refractivity contribution in [1.29, 1.82) is 0 Å². The zero-order valence-corrected chi connectivity index (χ0v) is 24.4. The fourth-order valence-corrected chi connectivity index (χ4v) is 9.42. The molecule has 2 aromatic rings. The monoisotopic (exact) mass is 571 g/mol. The molecule has 9 heteroatoms. The zero-order chi connectivity index (χ0) is 29.7. The molecule has 1 aromatic heterocycles. The van der Waals surface area contributed by atoms with Crippen molar-refractivity contribution in [3.8, 4) is 0 Å².